The molecule has 0 radical (unpaired) electrons. The molecule has 1 amide bonds. The Morgan fingerprint density at radius 1 is 1.42 bits per heavy atom. The van der Waals surface area contributed by atoms with Gasteiger partial charge in [0.05, 0.1) is 5.56 Å². The van der Waals surface area contributed by atoms with Crippen LogP contribution < -0.4 is 5.32 Å². The number of nitriles is 1. The van der Waals surface area contributed by atoms with Crippen LogP contribution in [0.4, 0.5) is 0 Å². The Labute approximate surface area is 113 Å². The van der Waals surface area contributed by atoms with E-state index in [1.165, 1.54) is 31.9 Å². The summed E-state index contributed by atoms with van der Waals surface area (Å²) in [5, 5.41) is 11.6. The summed E-state index contributed by atoms with van der Waals surface area (Å²) >= 11 is 0. The van der Waals surface area contributed by atoms with E-state index in [-0.39, 0.29) is 5.91 Å². The first-order chi connectivity index (χ1) is 9.19. The molecule has 19 heavy (non-hydrogen) atoms. The summed E-state index contributed by atoms with van der Waals surface area (Å²) in [6.45, 7) is 3.02. The van der Waals surface area contributed by atoms with Crippen molar-refractivity contribution in [2.24, 2.45) is 11.8 Å². The third-order valence-electron chi connectivity index (χ3n) is 3.81. The number of nitrogens with zero attached hydrogens (tertiary/aromatic N) is 2. The number of amides is 1. The van der Waals surface area contributed by atoms with E-state index < -0.39 is 0 Å². The predicted molar refractivity (Wildman–Crippen MR) is 72.4 cm³/mol. The third-order valence-corrected chi connectivity index (χ3v) is 3.81. The molecule has 1 N–H and O–H groups in total. The Kier molecular flexibility index (Phi) is 4.51. The summed E-state index contributed by atoms with van der Waals surface area (Å²) in [6, 6.07) is 5.20. The number of hydrogen-bond donors (Lipinski definition) is 1. The van der Waals surface area contributed by atoms with Gasteiger partial charge in [-0.1, -0.05) is 19.8 Å². The average Bonchev–Trinajstić information content (AvgIpc) is 2.46. The molecule has 0 aromatic carbocycles. The van der Waals surface area contributed by atoms with Gasteiger partial charge in [0.2, 0.25) is 0 Å². The van der Waals surface area contributed by atoms with Crippen LogP contribution in [0.1, 0.15) is 48.7 Å². The van der Waals surface area contributed by atoms with Crippen LogP contribution in [-0.2, 0) is 0 Å². The zero-order valence-corrected chi connectivity index (χ0v) is 11.2. The van der Waals surface area contributed by atoms with E-state index in [1.807, 2.05) is 6.07 Å². The zero-order chi connectivity index (χ0) is 13.7. The van der Waals surface area contributed by atoms with E-state index in [4.69, 9.17) is 5.26 Å². The lowest BCUT2D eigenvalue weighted by Gasteiger charge is -2.26. The third kappa shape index (κ3) is 3.78. The number of pyridine rings is 1. The summed E-state index contributed by atoms with van der Waals surface area (Å²) in [5.74, 6) is 1.27. The van der Waals surface area contributed by atoms with Crippen LogP contribution in [0.2, 0.25) is 0 Å². The highest BCUT2D eigenvalue weighted by atomic mass is 16.1. The Morgan fingerprint density at radius 3 is 2.74 bits per heavy atom. The molecule has 1 fully saturated rings. The fourth-order valence-corrected chi connectivity index (χ4v) is 2.46. The quantitative estimate of drug-likeness (QED) is 0.904. The molecule has 0 unspecified atom stereocenters. The lowest BCUT2D eigenvalue weighted by atomic mass is 9.83. The maximum absolute atomic E-state index is 11.9. The minimum Gasteiger partial charge on any atom is -0.350 e. The summed E-state index contributed by atoms with van der Waals surface area (Å²) < 4.78 is 0. The predicted octanol–water partition coefficient (Wildman–Crippen LogP) is 2.51. The second kappa shape index (κ2) is 6.33. The van der Waals surface area contributed by atoms with Crippen molar-refractivity contribution in [3.63, 3.8) is 0 Å². The van der Waals surface area contributed by atoms with Gasteiger partial charge in [-0.15, -0.1) is 0 Å². The average molecular weight is 257 g/mol. The standard InChI is InChI=1S/C15H19N3O/c1-11-2-4-12(5-3-11)9-18-15(19)14-7-6-13(8-16)10-17-14/h6-7,10-12H,2-5,9H2,1H3,(H,18,19). The van der Waals surface area contributed by atoms with E-state index in [2.05, 4.69) is 17.2 Å². The highest BCUT2D eigenvalue weighted by Gasteiger charge is 2.19. The van der Waals surface area contributed by atoms with Crippen molar-refractivity contribution in [3.8, 4) is 6.07 Å². The van der Waals surface area contributed by atoms with Gasteiger partial charge >= 0.3 is 0 Å². The molecular weight excluding hydrogens is 238 g/mol. The molecule has 1 aliphatic carbocycles. The van der Waals surface area contributed by atoms with Gasteiger partial charge in [0.15, 0.2) is 0 Å². The Hall–Kier alpha value is -1.89. The SMILES string of the molecule is CC1CCC(CNC(=O)c2ccc(C#N)cn2)CC1. The minimum absolute atomic E-state index is 0.150. The Balaban J connectivity index is 1.82. The van der Waals surface area contributed by atoms with Crippen molar-refractivity contribution in [1.29, 1.82) is 5.26 Å². The topological polar surface area (TPSA) is 65.8 Å². The molecule has 1 aromatic heterocycles. The van der Waals surface area contributed by atoms with Crippen LogP contribution >= 0.6 is 0 Å². The number of carbonyl (C=O) groups is 1. The van der Waals surface area contributed by atoms with Crippen LogP contribution in [0.5, 0.6) is 0 Å². The van der Waals surface area contributed by atoms with E-state index in [0.29, 0.717) is 17.2 Å². The van der Waals surface area contributed by atoms with Crippen molar-refractivity contribution < 1.29 is 4.79 Å². The molecule has 1 aromatic rings. The van der Waals surface area contributed by atoms with Crippen molar-refractivity contribution in [1.82, 2.24) is 10.3 Å². The zero-order valence-electron chi connectivity index (χ0n) is 11.2. The maximum Gasteiger partial charge on any atom is 0.269 e. The van der Waals surface area contributed by atoms with Gasteiger partial charge in [-0.05, 0) is 36.8 Å². The van der Waals surface area contributed by atoms with Crippen molar-refractivity contribution >= 4 is 5.91 Å². The molecule has 1 aliphatic rings. The number of nitrogens with one attached hydrogen (secondary N) is 1. The van der Waals surface area contributed by atoms with E-state index in [9.17, 15) is 4.79 Å². The van der Waals surface area contributed by atoms with Gasteiger partial charge in [-0.3, -0.25) is 4.79 Å². The molecule has 100 valence electrons. The molecule has 0 spiro atoms. The fourth-order valence-electron chi connectivity index (χ4n) is 2.46. The number of carbonyl (C=O) groups excluding carboxylic acids is 1. The van der Waals surface area contributed by atoms with Gasteiger partial charge in [-0.2, -0.15) is 5.26 Å². The second-order valence-corrected chi connectivity index (χ2v) is 5.38. The first kappa shape index (κ1) is 13.5. The lowest BCUT2D eigenvalue weighted by molar-refractivity contribution is 0.0937. The molecule has 0 bridgehead atoms. The van der Waals surface area contributed by atoms with Crippen LogP contribution in [0, 0.1) is 23.2 Å². The number of hydrogen-bond acceptors (Lipinski definition) is 3. The molecule has 2 rings (SSSR count). The summed E-state index contributed by atoms with van der Waals surface area (Å²) in [7, 11) is 0. The smallest absolute Gasteiger partial charge is 0.269 e. The largest absolute Gasteiger partial charge is 0.350 e. The van der Waals surface area contributed by atoms with Crippen LogP contribution in [0.3, 0.4) is 0 Å². The molecule has 1 saturated carbocycles. The minimum atomic E-state index is -0.150. The number of aromatic nitrogens is 1. The Bertz CT molecular complexity index is 467. The highest BCUT2D eigenvalue weighted by Crippen LogP contribution is 2.27. The van der Waals surface area contributed by atoms with Gasteiger partial charge in [0, 0.05) is 12.7 Å². The maximum atomic E-state index is 11.9. The van der Waals surface area contributed by atoms with Crippen molar-refractivity contribution in [2.75, 3.05) is 6.54 Å². The summed E-state index contributed by atoms with van der Waals surface area (Å²) in [6.07, 6.45) is 6.34. The molecular formula is C15H19N3O. The summed E-state index contributed by atoms with van der Waals surface area (Å²) in [4.78, 5) is 15.9. The van der Waals surface area contributed by atoms with Gasteiger partial charge < -0.3 is 5.32 Å². The lowest BCUT2D eigenvalue weighted by Crippen LogP contribution is -2.31. The van der Waals surface area contributed by atoms with Gasteiger partial charge in [0.1, 0.15) is 11.8 Å². The van der Waals surface area contributed by atoms with Crippen LogP contribution in [-0.4, -0.2) is 17.4 Å². The van der Waals surface area contributed by atoms with Gasteiger partial charge in [0.25, 0.3) is 5.91 Å². The molecule has 4 heteroatoms. The fraction of sp³-hybridized carbons (Fsp3) is 0.533. The van der Waals surface area contributed by atoms with Crippen LogP contribution in [0.15, 0.2) is 18.3 Å². The number of rotatable bonds is 3. The molecule has 4 nitrogen and oxygen atoms in total. The van der Waals surface area contributed by atoms with E-state index in [0.717, 1.165) is 12.5 Å². The molecule has 0 saturated heterocycles. The molecule has 0 aliphatic heterocycles. The first-order valence-electron chi connectivity index (χ1n) is 6.83. The van der Waals surface area contributed by atoms with Crippen molar-refractivity contribution in [3.05, 3.63) is 29.6 Å². The van der Waals surface area contributed by atoms with E-state index >= 15 is 0 Å². The van der Waals surface area contributed by atoms with Crippen molar-refractivity contribution in [2.45, 2.75) is 32.6 Å². The molecule has 1 heterocycles. The van der Waals surface area contributed by atoms with Crippen LogP contribution in [0.25, 0.3) is 0 Å². The Morgan fingerprint density at radius 2 is 2.16 bits per heavy atom. The highest BCUT2D eigenvalue weighted by molar-refractivity contribution is 5.92. The molecule has 0 atom stereocenters. The first-order valence-corrected chi connectivity index (χ1v) is 6.83. The monoisotopic (exact) mass is 257 g/mol. The normalized spacial score (nSPS) is 22.5. The van der Waals surface area contributed by atoms with E-state index in [1.54, 1.807) is 12.1 Å². The second-order valence-electron chi connectivity index (χ2n) is 5.38. The summed E-state index contributed by atoms with van der Waals surface area (Å²) in [5.41, 5.74) is 0.848. The van der Waals surface area contributed by atoms with Gasteiger partial charge in [-0.25, -0.2) is 4.98 Å².